The summed E-state index contributed by atoms with van der Waals surface area (Å²) in [7, 11) is 3.12. The second-order valence-electron chi connectivity index (χ2n) is 10.7. The fraction of sp³-hybridized carbons (Fsp3) is 0.281. The van der Waals surface area contributed by atoms with E-state index in [4.69, 9.17) is 18.9 Å². The summed E-state index contributed by atoms with van der Waals surface area (Å²) < 4.78 is 23.3. The van der Waals surface area contributed by atoms with Crippen LogP contribution >= 0.6 is 0 Å². The maximum atomic E-state index is 13.6. The number of likely N-dealkylation sites (N-methyl/N-ethyl adjacent to an activating group) is 1. The van der Waals surface area contributed by atoms with Gasteiger partial charge in [0.05, 0.1) is 24.1 Å². The monoisotopic (exact) mass is 615 g/mol. The largest absolute Gasteiger partial charge is 0.464 e. The van der Waals surface area contributed by atoms with Crippen molar-refractivity contribution in [2.24, 2.45) is 7.05 Å². The maximum absolute atomic E-state index is 13.6. The van der Waals surface area contributed by atoms with Gasteiger partial charge in [0.15, 0.2) is 11.5 Å². The number of benzene rings is 3. The molecule has 3 aromatic carbocycles. The molecule has 0 saturated heterocycles. The molecule has 0 radical (unpaired) electrons. The van der Waals surface area contributed by atoms with Gasteiger partial charge in [-0.2, -0.15) is 0 Å². The lowest BCUT2D eigenvalue weighted by molar-refractivity contribution is -0.145. The number of aryl methyl sites for hydroxylation is 1. The zero-order valence-corrected chi connectivity index (χ0v) is 24.5. The highest BCUT2D eigenvalue weighted by Crippen LogP contribution is 2.40. The Labute approximate surface area is 255 Å². The smallest absolute Gasteiger partial charge is 0.415 e. The molecule has 0 aliphatic carbocycles. The minimum atomic E-state index is -0.779. The lowest BCUT2D eigenvalue weighted by Gasteiger charge is -2.19. The predicted molar refractivity (Wildman–Crippen MR) is 161 cm³/mol. The number of hydrogen-bond acceptors (Lipinski definition) is 10. The molecule has 0 bridgehead atoms. The van der Waals surface area contributed by atoms with Crippen molar-refractivity contribution in [1.82, 2.24) is 14.4 Å². The summed E-state index contributed by atoms with van der Waals surface area (Å²) in [5.74, 6) is -0.123. The van der Waals surface area contributed by atoms with Gasteiger partial charge in [-0.25, -0.2) is 4.79 Å². The van der Waals surface area contributed by atoms with E-state index in [1.165, 1.54) is 34.7 Å². The first-order valence-corrected chi connectivity index (χ1v) is 14.2. The van der Waals surface area contributed by atoms with Crippen molar-refractivity contribution < 1.29 is 43.2 Å². The molecule has 0 atom stereocenters. The second-order valence-corrected chi connectivity index (χ2v) is 10.7. The highest BCUT2D eigenvalue weighted by Gasteiger charge is 2.23. The van der Waals surface area contributed by atoms with E-state index in [0.29, 0.717) is 33.4 Å². The Morgan fingerprint density at radius 3 is 2.42 bits per heavy atom. The van der Waals surface area contributed by atoms with E-state index in [2.05, 4.69) is 0 Å². The normalized spacial score (nSPS) is 13.8. The standard InChI is InChI=1S/C32H29N3O10/c1-33(10-11-42-29(39)4-3-9-35-27(37)7-8-28(35)38)32(41)45-24-15-23-22(12-19(24)16-36)20-6-5-18-13-25-26(44-17-43-25)14-21(18)30(20)34(2)31(23)40/h5-8,12-15,36H,3-4,9-11,16-17H2,1-2H3. The molecule has 3 amide bonds. The highest BCUT2D eigenvalue weighted by atomic mass is 16.7. The van der Waals surface area contributed by atoms with Crippen LogP contribution in [0.15, 0.2) is 53.3 Å². The number of hydrogen-bond donors (Lipinski definition) is 1. The lowest BCUT2D eigenvalue weighted by atomic mass is 9.99. The van der Waals surface area contributed by atoms with Gasteiger partial charge in [0.25, 0.3) is 17.4 Å². The number of ether oxygens (including phenoxy) is 4. The zero-order chi connectivity index (χ0) is 31.8. The quantitative estimate of drug-likeness (QED) is 0.169. The van der Waals surface area contributed by atoms with Crippen molar-refractivity contribution in [3.8, 4) is 17.2 Å². The van der Waals surface area contributed by atoms with Crippen molar-refractivity contribution in [2.75, 3.05) is 33.5 Å². The van der Waals surface area contributed by atoms with Crippen molar-refractivity contribution in [3.05, 3.63) is 64.5 Å². The molecule has 232 valence electrons. The van der Waals surface area contributed by atoms with Gasteiger partial charge in [-0.1, -0.05) is 12.1 Å². The third kappa shape index (κ3) is 5.53. The van der Waals surface area contributed by atoms with E-state index < -0.39 is 30.5 Å². The van der Waals surface area contributed by atoms with Crippen LogP contribution in [0.25, 0.3) is 32.4 Å². The zero-order valence-electron chi connectivity index (χ0n) is 24.5. The van der Waals surface area contributed by atoms with Gasteiger partial charge in [-0.05, 0) is 41.5 Å². The predicted octanol–water partition coefficient (Wildman–Crippen LogP) is 2.74. The average Bonchev–Trinajstić information content (AvgIpc) is 3.62. The molecule has 0 saturated carbocycles. The molecular formula is C32H29N3O10. The molecule has 0 fully saturated rings. The van der Waals surface area contributed by atoms with Crippen LogP contribution in [0.2, 0.25) is 0 Å². The molecule has 4 aromatic rings. The molecule has 2 aliphatic rings. The number of carbonyl (C=O) groups excluding carboxylic acids is 4. The number of fused-ring (bicyclic) bond motifs is 6. The molecule has 45 heavy (non-hydrogen) atoms. The summed E-state index contributed by atoms with van der Waals surface area (Å²) in [5, 5.41) is 13.5. The van der Waals surface area contributed by atoms with E-state index in [0.717, 1.165) is 21.1 Å². The van der Waals surface area contributed by atoms with E-state index in [9.17, 15) is 29.1 Å². The maximum Gasteiger partial charge on any atom is 0.415 e. The summed E-state index contributed by atoms with van der Waals surface area (Å²) in [6, 6.07) is 10.6. The Kier molecular flexibility index (Phi) is 7.85. The first-order chi connectivity index (χ1) is 21.7. The van der Waals surface area contributed by atoms with Crippen molar-refractivity contribution in [2.45, 2.75) is 19.4 Å². The van der Waals surface area contributed by atoms with Gasteiger partial charge in [-0.15, -0.1) is 0 Å². The van der Waals surface area contributed by atoms with Crippen LogP contribution in [0.4, 0.5) is 4.79 Å². The fourth-order valence-corrected chi connectivity index (χ4v) is 5.47. The van der Waals surface area contributed by atoms with Crippen LogP contribution in [0.1, 0.15) is 18.4 Å². The third-order valence-corrected chi connectivity index (χ3v) is 7.88. The van der Waals surface area contributed by atoms with E-state index in [-0.39, 0.29) is 50.6 Å². The van der Waals surface area contributed by atoms with Gasteiger partial charge in [0.2, 0.25) is 6.79 Å². The van der Waals surface area contributed by atoms with Crippen LogP contribution in [0, 0.1) is 0 Å². The summed E-state index contributed by atoms with van der Waals surface area (Å²) in [5.41, 5.74) is 0.668. The first-order valence-electron chi connectivity index (χ1n) is 14.2. The van der Waals surface area contributed by atoms with Crippen LogP contribution in [-0.2, 0) is 32.8 Å². The van der Waals surface area contributed by atoms with Crippen LogP contribution < -0.4 is 19.8 Å². The number of carbonyl (C=O) groups is 4. The number of aliphatic hydroxyl groups is 1. The molecule has 13 heteroatoms. The topological polar surface area (TPSA) is 154 Å². The van der Waals surface area contributed by atoms with Crippen molar-refractivity contribution in [3.63, 3.8) is 0 Å². The summed E-state index contributed by atoms with van der Waals surface area (Å²) >= 11 is 0. The number of esters is 1. The number of amides is 3. The summed E-state index contributed by atoms with van der Waals surface area (Å²) in [6.45, 7) is -0.324. The Hall–Kier alpha value is -5.43. The number of rotatable bonds is 9. The number of aromatic nitrogens is 1. The number of nitrogens with zero attached hydrogens (tertiary/aromatic N) is 3. The van der Waals surface area contributed by atoms with E-state index >= 15 is 0 Å². The number of pyridine rings is 1. The van der Waals surface area contributed by atoms with Gasteiger partial charge in [0.1, 0.15) is 12.4 Å². The number of aliphatic hydroxyl groups excluding tert-OH is 1. The molecule has 3 heterocycles. The molecule has 13 nitrogen and oxygen atoms in total. The summed E-state index contributed by atoms with van der Waals surface area (Å²) in [4.78, 5) is 63.9. The Morgan fingerprint density at radius 1 is 0.956 bits per heavy atom. The molecule has 2 aliphatic heterocycles. The van der Waals surface area contributed by atoms with Crippen molar-refractivity contribution in [1.29, 1.82) is 0 Å². The minimum Gasteiger partial charge on any atom is -0.464 e. The Morgan fingerprint density at radius 2 is 1.69 bits per heavy atom. The van der Waals surface area contributed by atoms with Crippen LogP contribution in [-0.4, -0.2) is 76.9 Å². The lowest BCUT2D eigenvalue weighted by Crippen LogP contribution is -2.33. The Balaban J connectivity index is 1.15. The Bertz CT molecular complexity index is 1980. The van der Waals surface area contributed by atoms with Crippen LogP contribution in [0.5, 0.6) is 17.2 Å². The highest BCUT2D eigenvalue weighted by molar-refractivity contribution is 6.16. The van der Waals surface area contributed by atoms with Gasteiger partial charge >= 0.3 is 12.1 Å². The van der Waals surface area contributed by atoms with Gasteiger partial charge in [-0.3, -0.25) is 24.1 Å². The minimum absolute atomic E-state index is 0.00794. The van der Waals surface area contributed by atoms with Gasteiger partial charge in [0, 0.05) is 55.5 Å². The van der Waals surface area contributed by atoms with Crippen molar-refractivity contribution >= 4 is 56.3 Å². The number of imide groups is 1. The third-order valence-electron chi connectivity index (χ3n) is 7.88. The SMILES string of the molecule is CN(CCOC(=O)CCCN1C(=O)C=CC1=O)C(=O)Oc1cc2c(=O)n(C)c3c4cc5c(cc4ccc3c2cc1CO)OCO5. The van der Waals surface area contributed by atoms with Gasteiger partial charge < -0.3 is 33.5 Å². The molecular weight excluding hydrogens is 586 g/mol. The molecule has 0 spiro atoms. The molecule has 6 rings (SSSR count). The first kappa shape index (κ1) is 29.6. The van der Waals surface area contributed by atoms with E-state index in [1.807, 2.05) is 24.3 Å². The van der Waals surface area contributed by atoms with Crippen LogP contribution in [0.3, 0.4) is 0 Å². The fourth-order valence-electron chi connectivity index (χ4n) is 5.47. The molecule has 1 N–H and O–H groups in total. The molecule has 0 unspecified atom stereocenters. The molecule has 1 aromatic heterocycles. The average molecular weight is 616 g/mol. The summed E-state index contributed by atoms with van der Waals surface area (Å²) in [6.07, 6.45) is 1.82. The second kappa shape index (κ2) is 11.9. The van der Waals surface area contributed by atoms with E-state index in [1.54, 1.807) is 13.1 Å².